The number of carboxylic acid groups (broad SMARTS) is 1. The van der Waals surface area contributed by atoms with E-state index in [1.165, 1.54) is 0 Å². The monoisotopic (exact) mass is 271 g/mol. The first-order valence-corrected chi connectivity index (χ1v) is 6.76. The number of amides is 1. The van der Waals surface area contributed by atoms with E-state index in [2.05, 4.69) is 0 Å². The third-order valence-electron chi connectivity index (χ3n) is 4.15. The summed E-state index contributed by atoms with van der Waals surface area (Å²) in [7, 11) is 0. The van der Waals surface area contributed by atoms with Gasteiger partial charge in [-0.05, 0) is 18.8 Å². The summed E-state index contributed by atoms with van der Waals surface area (Å²) in [6, 6.07) is -0.341. The highest BCUT2D eigenvalue weighted by Crippen LogP contribution is 2.38. The van der Waals surface area contributed by atoms with Crippen molar-refractivity contribution in [3.63, 3.8) is 0 Å². The molecular weight excluding hydrogens is 250 g/mol. The Morgan fingerprint density at radius 2 is 2.00 bits per heavy atom. The summed E-state index contributed by atoms with van der Waals surface area (Å²) in [5.74, 6) is -1.83. The number of aliphatic hydroxyl groups excluding tert-OH is 1. The summed E-state index contributed by atoms with van der Waals surface area (Å²) in [6.45, 7) is 3.03. The first-order chi connectivity index (χ1) is 9.04. The zero-order valence-corrected chi connectivity index (χ0v) is 11.1. The van der Waals surface area contributed by atoms with Gasteiger partial charge in [0.15, 0.2) is 0 Å². The average Bonchev–Trinajstić information content (AvgIpc) is 2.80. The van der Waals surface area contributed by atoms with Gasteiger partial charge in [0.25, 0.3) is 0 Å². The van der Waals surface area contributed by atoms with Crippen LogP contribution in [0.25, 0.3) is 0 Å². The number of hydrogen-bond donors (Lipinski definition) is 2. The Hall–Kier alpha value is -1.14. The fourth-order valence-electron chi connectivity index (χ4n) is 3.15. The summed E-state index contributed by atoms with van der Waals surface area (Å²) in [6.07, 6.45) is 1.17. The number of hydrogen-bond acceptors (Lipinski definition) is 4. The minimum atomic E-state index is -0.892. The smallest absolute Gasteiger partial charge is 0.307 e. The Morgan fingerprint density at radius 1 is 1.32 bits per heavy atom. The largest absolute Gasteiger partial charge is 0.481 e. The van der Waals surface area contributed by atoms with Gasteiger partial charge in [-0.3, -0.25) is 9.59 Å². The SMILES string of the molecule is CC1CC(C(=O)O)C(C(=O)N2CCOCC2CO)C1. The molecule has 6 nitrogen and oxygen atoms in total. The average molecular weight is 271 g/mol. The van der Waals surface area contributed by atoms with Crippen LogP contribution in [-0.4, -0.2) is 59.4 Å². The van der Waals surface area contributed by atoms with Gasteiger partial charge in [0.2, 0.25) is 5.91 Å². The molecule has 6 heteroatoms. The van der Waals surface area contributed by atoms with Crippen LogP contribution < -0.4 is 0 Å². The summed E-state index contributed by atoms with van der Waals surface area (Å²) in [5.41, 5.74) is 0. The van der Waals surface area contributed by atoms with Crippen molar-refractivity contribution in [1.82, 2.24) is 4.90 Å². The molecule has 2 rings (SSSR count). The molecule has 1 saturated heterocycles. The normalized spacial score (nSPS) is 35.4. The van der Waals surface area contributed by atoms with E-state index in [1.807, 2.05) is 6.92 Å². The molecule has 2 N–H and O–H groups in total. The Kier molecular flexibility index (Phi) is 4.42. The lowest BCUT2D eigenvalue weighted by Crippen LogP contribution is -2.53. The number of aliphatic hydroxyl groups is 1. The van der Waals surface area contributed by atoms with Crippen LogP contribution in [0.15, 0.2) is 0 Å². The van der Waals surface area contributed by atoms with Gasteiger partial charge < -0.3 is 19.8 Å². The van der Waals surface area contributed by atoms with E-state index in [1.54, 1.807) is 4.90 Å². The second kappa shape index (κ2) is 5.88. The van der Waals surface area contributed by atoms with E-state index in [4.69, 9.17) is 4.74 Å². The van der Waals surface area contributed by atoms with Crippen molar-refractivity contribution in [1.29, 1.82) is 0 Å². The van der Waals surface area contributed by atoms with Gasteiger partial charge >= 0.3 is 5.97 Å². The molecule has 0 radical (unpaired) electrons. The number of carbonyl (C=O) groups excluding carboxylic acids is 1. The van der Waals surface area contributed by atoms with Crippen LogP contribution in [0.3, 0.4) is 0 Å². The Balaban J connectivity index is 2.11. The van der Waals surface area contributed by atoms with Gasteiger partial charge in [-0.25, -0.2) is 0 Å². The molecule has 0 spiro atoms. The van der Waals surface area contributed by atoms with E-state index in [9.17, 15) is 19.8 Å². The molecule has 1 aliphatic carbocycles. The molecule has 4 atom stereocenters. The minimum absolute atomic E-state index is 0.140. The van der Waals surface area contributed by atoms with Crippen molar-refractivity contribution in [3.05, 3.63) is 0 Å². The number of morpholine rings is 1. The summed E-state index contributed by atoms with van der Waals surface area (Å²) < 4.78 is 5.24. The Labute approximate surface area is 112 Å². The van der Waals surface area contributed by atoms with Gasteiger partial charge in [0.05, 0.1) is 37.7 Å². The highest BCUT2D eigenvalue weighted by atomic mass is 16.5. The van der Waals surface area contributed by atoms with Crippen LogP contribution in [-0.2, 0) is 14.3 Å². The molecule has 1 saturated carbocycles. The summed E-state index contributed by atoms with van der Waals surface area (Å²) in [5, 5.41) is 18.5. The van der Waals surface area contributed by atoms with Crippen LogP contribution in [0.1, 0.15) is 19.8 Å². The molecule has 1 heterocycles. The minimum Gasteiger partial charge on any atom is -0.481 e. The molecule has 0 aromatic rings. The molecule has 0 bridgehead atoms. The molecule has 1 aliphatic heterocycles. The molecule has 108 valence electrons. The molecular formula is C13H21NO5. The van der Waals surface area contributed by atoms with E-state index < -0.39 is 17.8 Å². The number of nitrogens with zero attached hydrogens (tertiary/aromatic N) is 1. The topological polar surface area (TPSA) is 87.1 Å². The van der Waals surface area contributed by atoms with Crippen LogP contribution in [0.5, 0.6) is 0 Å². The van der Waals surface area contributed by atoms with Gasteiger partial charge in [0, 0.05) is 6.54 Å². The van der Waals surface area contributed by atoms with Gasteiger partial charge in [-0.15, -0.1) is 0 Å². The van der Waals surface area contributed by atoms with E-state index in [-0.39, 0.29) is 24.5 Å². The van der Waals surface area contributed by atoms with Crippen LogP contribution in [0.2, 0.25) is 0 Å². The highest BCUT2D eigenvalue weighted by Gasteiger charge is 2.44. The summed E-state index contributed by atoms with van der Waals surface area (Å²) in [4.78, 5) is 25.4. The zero-order valence-electron chi connectivity index (χ0n) is 11.1. The van der Waals surface area contributed by atoms with Crippen molar-refractivity contribution in [3.8, 4) is 0 Å². The Morgan fingerprint density at radius 3 is 2.63 bits per heavy atom. The van der Waals surface area contributed by atoms with E-state index >= 15 is 0 Å². The second-order valence-corrected chi connectivity index (χ2v) is 5.57. The fourth-order valence-corrected chi connectivity index (χ4v) is 3.15. The maximum atomic E-state index is 12.5. The van der Waals surface area contributed by atoms with Crippen LogP contribution in [0.4, 0.5) is 0 Å². The third kappa shape index (κ3) is 2.90. The summed E-state index contributed by atoms with van der Waals surface area (Å²) >= 11 is 0. The molecule has 0 aromatic carbocycles. The molecule has 2 aliphatic rings. The fraction of sp³-hybridized carbons (Fsp3) is 0.846. The number of aliphatic carboxylic acids is 1. The van der Waals surface area contributed by atoms with Gasteiger partial charge in [0.1, 0.15) is 0 Å². The van der Waals surface area contributed by atoms with E-state index in [0.29, 0.717) is 32.6 Å². The highest BCUT2D eigenvalue weighted by molar-refractivity contribution is 5.85. The lowest BCUT2D eigenvalue weighted by Gasteiger charge is -2.36. The molecule has 4 unspecified atom stereocenters. The van der Waals surface area contributed by atoms with Gasteiger partial charge in [-0.2, -0.15) is 0 Å². The van der Waals surface area contributed by atoms with Gasteiger partial charge in [-0.1, -0.05) is 6.92 Å². The standard InChI is InChI=1S/C13H21NO5/c1-8-4-10(11(5-8)13(17)18)12(16)14-2-3-19-7-9(14)6-15/h8-11,15H,2-7H2,1H3,(H,17,18). The second-order valence-electron chi connectivity index (χ2n) is 5.57. The predicted octanol–water partition coefficient (Wildman–Crippen LogP) is -0.0470. The third-order valence-corrected chi connectivity index (χ3v) is 4.15. The van der Waals surface area contributed by atoms with Crippen molar-refractivity contribution in [2.45, 2.75) is 25.8 Å². The predicted molar refractivity (Wildman–Crippen MR) is 66.4 cm³/mol. The lowest BCUT2D eigenvalue weighted by molar-refractivity contribution is -0.154. The van der Waals surface area contributed by atoms with Crippen molar-refractivity contribution >= 4 is 11.9 Å². The molecule has 0 aromatic heterocycles. The van der Waals surface area contributed by atoms with Crippen molar-refractivity contribution < 1.29 is 24.5 Å². The number of carboxylic acids is 1. The molecule has 1 amide bonds. The first kappa shape index (κ1) is 14.3. The number of rotatable bonds is 3. The maximum Gasteiger partial charge on any atom is 0.307 e. The number of carbonyl (C=O) groups is 2. The molecule has 2 fully saturated rings. The quantitative estimate of drug-likeness (QED) is 0.751. The Bertz CT molecular complexity index is 359. The lowest BCUT2D eigenvalue weighted by atomic mass is 9.94. The number of ether oxygens (including phenoxy) is 1. The van der Waals surface area contributed by atoms with Crippen LogP contribution in [0, 0.1) is 17.8 Å². The van der Waals surface area contributed by atoms with Crippen LogP contribution >= 0.6 is 0 Å². The van der Waals surface area contributed by atoms with E-state index in [0.717, 1.165) is 0 Å². The molecule has 19 heavy (non-hydrogen) atoms. The van der Waals surface area contributed by atoms with Crippen molar-refractivity contribution in [2.75, 3.05) is 26.4 Å². The zero-order chi connectivity index (χ0) is 14.0. The van der Waals surface area contributed by atoms with Crippen molar-refractivity contribution in [2.24, 2.45) is 17.8 Å². The maximum absolute atomic E-state index is 12.5. The first-order valence-electron chi connectivity index (χ1n) is 6.76.